The summed E-state index contributed by atoms with van der Waals surface area (Å²) in [6.45, 7) is 4.20. The molecular weight excluding hydrogens is 314 g/mol. The van der Waals surface area contributed by atoms with E-state index in [2.05, 4.69) is 23.8 Å². The predicted octanol–water partition coefficient (Wildman–Crippen LogP) is 3.86. The minimum absolute atomic E-state index is 0.0993. The highest BCUT2D eigenvalue weighted by molar-refractivity contribution is 6.32. The van der Waals surface area contributed by atoms with Crippen LogP contribution in [0.25, 0.3) is 5.52 Å². The molecule has 0 aromatic carbocycles. The largest absolute Gasteiger partial charge is 0.469 e. The number of fused-ring (bicyclic) bond motifs is 1. The number of aromatic nitrogens is 3. The highest BCUT2D eigenvalue weighted by atomic mass is 35.5. The van der Waals surface area contributed by atoms with Crippen LogP contribution in [-0.4, -0.2) is 27.4 Å². The van der Waals surface area contributed by atoms with Gasteiger partial charge in [0.25, 0.3) is 0 Å². The molecule has 2 unspecified atom stereocenters. The maximum absolute atomic E-state index is 12.5. The fourth-order valence-corrected chi connectivity index (χ4v) is 4.09. The van der Waals surface area contributed by atoms with E-state index in [4.69, 9.17) is 16.3 Å². The van der Waals surface area contributed by atoms with Crippen LogP contribution < -0.4 is 0 Å². The molecule has 2 heterocycles. The van der Waals surface area contributed by atoms with Crippen molar-refractivity contribution in [3.05, 3.63) is 29.6 Å². The molecule has 2 aromatic rings. The maximum atomic E-state index is 12.5. The Morgan fingerprint density at radius 2 is 2.26 bits per heavy atom. The van der Waals surface area contributed by atoms with Gasteiger partial charge in [0, 0.05) is 18.3 Å². The summed E-state index contributed by atoms with van der Waals surface area (Å²) in [6, 6.07) is 0. The van der Waals surface area contributed by atoms with Crippen LogP contribution in [0.15, 0.2) is 18.6 Å². The van der Waals surface area contributed by atoms with Crippen LogP contribution in [0, 0.1) is 11.3 Å². The molecule has 6 heteroatoms. The first-order valence-corrected chi connectivity index (χ1v) is 8.43. The Balaban J connectivity index is 1.99. The number of carbonyl (C=O) groups is 1. The topological polar surface area (TPSA) is 56.5 Å². The Morgan fingerprint density at radius 1 is 1.48 bits per heavy atom. The lowest BCUT2D eigenvalue weighted by atomic mass is 9.63. The molecule has 5 nitrogen and oxygen atoms in total. The monoisotopic (exact) mass is 335 g/mol. The minimum atomic E-state index is -0.430. The van der Waals surface area contributed by atoms with Gasteiger partial charge in [0.05, 0.1) is 18.7 Å². The number of esters is 1. The summed E-state index contributed by atoms with van der Waals surface area (Å²) in [5, 5.41) is 0.449. The van der Waals surface area contributed by atoms with Crippen molar-refractivity contribution in [1.29, 1.82) is 0 Å². The standard InChI is InChI=1S/C17H22ClN3O2/c1-11(2)17(16(22)23-3)6-4-5-12(9-17)15-20-10-13-14(18)19-7-8-21(13)15/h7-8,10-12H,4-6,9H2,1-3H3. The van der Waals surface area contributed by atoms with E-state index in [1.54, 1.807) is 12.4 Å². The van der Waals surface area contributed by atoms with Gasteiger partial charge in [-0.05, 0) is 25.2 Å². The van der Waals surface area contributed by atoms with E-state index in [-0.39, 0.29) is 17.8 Å². The van der Waals surface area contributed by atoms with Crippen molar-refractivity contribution >= 4 is 23.1 Å². The molecule has 124 valence electrons. The van der Waals surface area contributed by atoms with Gasteiger partial charge in [-0.1, -0.05) is 31.9 Å². The van der Waals surface area contributed by atoms with E-state index in [1.807, 2.05) is 10.6 Å². The molecule has 3 rings (SSSR count). The summed E-state index contributed by atoms with van der Waals surface area (Å²) >= 11 is 6.14. The van der Waals surface area contributed by atoms with Crippen LogP contribution in [0.2, 0.25) is 5.15 Å². The molecule has 1 aliphatic rings. The van der Waals surface area contributed by atoms with Crippen LogP contribution in [0.3, 0.4) is 0 Å². The van der Waals surface area contributed by atoms with E-state index in [9.17, 15) is 4.79 Å². The number of ether oxygens (including phenoxy) is 1. The Labute approximate surface area is 141 Å². The number of rotatable bonds is 3. The zero-order valence-corrected chi connectivity index (χ0v) is 14.5. The molecule has 2 aromatic heterocycles. The number of hydrogen-bond donors (Lipinski definition) is 0. The number of imidazole rings is 1. The summed E-state index contributed by atoms with van der Waals surface area (Å²) in [5.41, 5.74) is 0.378. The van der Waals surface area contributed by atoms with Gasteiger partial charge in [-0.3, -0.25) is 9.20 Å². The van der Waals surface area contributed by atoms with Gasteiger partial charge in [0.15, 0.2) is 5.15 Å². The molecular formula is C17H22ClN3O2. The second kappa shape index (κ2) is 6.11. The van der Waals surface area contributed by atoms with Gasteiger partial charge in [0.1, 0.15) is 11.3 Å². The van der Waals surface area contributed by atoms with Gasteiger partial charge < -0.3 is 4.74 Å². The van der Waals surface area contributed by atoms with E-state index in [0.29, 0.717) is 5.15 Å². The maximum Gasteiger partial charge on any atom is 0.312 e. The fraction of sp³-hybridized carbons (Fsp3) is 0.588. The molecule has 0 radical (unpaired) electrons. The van der Waals surface area contributed by atoms with Crippen LogP contribution in [0.5, 0.6) is 0 Å². The number of nitrogens with zero attached hydrogens (tertiary/aromatic N) is 3. The summed E-state index contributed by atoms with van der Waals surface area (Å²) in [5.74, 6) is 1.30. The first-order chi connectivity index (χ1) is 11.0. The summed E-state index contributed by atoms with van der Waals surface area (Å²) in [7, 11) is 1.48. The van der Waals surface area contributed by atoms with Crippen LogP contribution in [-0.2, 0) is 9.53 Å². The van der Waals surface area contributed by atoms with E-state index < -0.39 is 5.41 Å². The molecule has 2 atom stereocenters. The molecule has 23 heavy (non-hydrogen) atoms. The molecule has 0 N–H and O–H groups in total. The Kier molecular flexibility index (Phi) is 4.32. The molecule has 1 fully saturated rings. The normalized spacial score (nSPS) is 25.0. The Bertz CT molecular complexity index is 728. The van der Waals surface area contributed by atoms with Gasteiger partial charge in [-0.25, -0.2) is 9.97 Å². The Morgan fingerprint density at radius 3 is 2.96 bits per heavy atom. The second-order valence-electron chi connectivity index (χ2n) is 6.69. The molecule has 1 saturated carbocycles. The van der Waals surface area contributed by atoms with Crippen molar-refractivity contribution in [3.63, 3.8) is 0 Å². The van der Waals surface area contributed by atoms with Crippen molar-refractivity contribution < 1.29 is 9.53 Å². The first kappa shape index (κ1) is 16.2. The third-order valence-corrected chi connectivity index (χ3v) is 5.58. The van der Waals surface area contributed by atoms with Gasteiger partial charge in [-0.2, -0.15) is 0 Å². The zero-order valence-electron chi connectivity index (χ0n) is 13.8. The Hall–Kier alpha value is -1.62. The van der Waals surface area contributed by atoms with Crippen molar-refractivity contribution in [1.82, 2.24) is 14.4 Å². The molecule has 0 bridgehead atoms. The van der Waals surface area contributed by atoms with Gasteiger partial charge in [0.2, 0.25) is 0 Å². The third kappa shape index (κ3) is 2.61. The quantitative estimate of drug-likeness (QED) is 0.799. The number of halogens is 1. The summed E-state index contributed by atoms with van der Waals surface area (Å²) < 4.78 is 7.12. The second-order valence-corrected chi connectivity index (χ2v) is 7.04. The molecule has 0 aliphatic heterocycles. The average Bonchev–Trinajstić information content (AvgIpc) is 2.99. The van der Waals surface area contributed by atoms with Crippen molar-refractivity contribution in [3.8, 4) is 0 Å². The lowest BCUT2D eigenvalue weighted by Gasteiger charge is -2.41. The SMILES string of the molecule is COC(=O)C1(C(C)C)CCCC(c2ncc3c(Cl)nccn23)C1. The van der Waals surface area contributed by atoms with Gasteiger partial charge >= 0.3 is 5.97 Å². The lowest BCUT2D eigenvalue weighted by Crippen LogP contribution is -2.41. The average molecular weight is 336 g/mol. The van der Waals surface area contributed by atoms with Crippen molar-refractivity contribution in [2.45, 2.75) is 45.4 Å². The lowest BCUT2D eigenvalue weighted by molar-refractivity contribution is -0.159. The van der Waals surface area contributed by atoms with Crippen LogP contribution in [0.1, 0.15) is 51.3 Å². The fourth-order valence-electron chi connectivity index (χ4n) is 3.89. The minimum Gasteiger partial charge on any atom is -0.469 e. The highest BCUT2D eigenvalue weighted by Crippen LogP contribution is 2.48. The molecule has 0 spiro atoms. The number of hydrogen-bond acceptors (Lipinski definition) is 4. The smallest absolute Gasteiger partial charge is 0.312 e. The zero-order chi connectivity index (χ0) is 16.6. The third-order valence-electron chi connectivity index (χ3n) is 5.29. The summed E-state index contributed by atoms with van der Waals surface area (Å²) in [4.78, 5) is 21.2. The molecule has 1 aliphatic carbocycles. The predicted molar refractivity (Wildman–Crippen MR) is 88.5 cm³/mol. The van der Waals surface area contributed by atoms with E-state index in [0.717, 1.165) is 37.0 Å². The first-order valence-electron chi connectivity index (χ1n) is 8.05. The highest BCUT2D eigenvalue weighted by Gasteiger charge is 2.47. The van der Waals surface area contributed by atoms with Crippen LogP contribution >= 0.6 is 11.6 Å². The van der Waals surface area contributed by atoms with Crippen molar-refractivity contribution in [2.24, 2.45) is 11.3 Å². The number of carbonyl (C=O) groups excluding carboxylic acids is 1. The van der Waals surface area contributed by atoms with Crippen LogP contribution in [0.4, 0.5) is 0 Å². The van der Waals surface area contributed by atoms with E-state index >= 15 is 0 Å². The summed E-state index contributed by atoms with van der Waals surface area (Å²) in [6.07, 6.45) is 8.97. The molecule has 0 amide bonds. The van der Waals surface area contributed by atoms with Gasteiger partial charge in [-0.15, -0.1) is 0 Å². The van der Waals surface area contributed by atoms with Crippen molar-refractivity contribution in [2.75, 3.05) is 7.11 Å². The number of methoxy groups -OCH3 is 1. The van der Waals surface area contributed by atoms with E-state index in [1.165, 1.54) is 7.11 Å². The molecule has 0 saturated heterocycles.